The molecule has 2 aromatic rings. The van der Waals surface area contributed by atoms with Gasteiger partial charge < -0.3 is 0 Å². The van der Waals surface area contributed by atoms with Crippen LogP contribution in [0.5, 0.6) is 0 Å². The Labute approximate surface area is 120 Å². The van der Waals surface area contributed by atoms with Crippen LogP contribution in [0.4, 0.5) is 8.78 Å². The second kappa shape index (κ2) is 6.29. The van der Waals surface area contributed by atoms with Gasteiger partial charge in [-0.15, -0.1) is 0 Å². The van der Waals surface area contributed by atoms with Crippen molar-refractivity contribution in [3.63, 3.8) is 0 Å². The number of hydrogen-bond donors (Lipinski definition) is 0. The lowest BCUT2D eigenvalue weighted by atomic mass is 9.94. The van der Waals surface area contributed by atoms with Crippen molar-refractivity contribution in [1.29, 1.82) is 0 Å². The minimum absolute atomic E-state index is 0.196. The third-order valence-corrected chi connectivity index (χ3v) is 4.59. The maximum Gasteiger partial charge on any atom is 0.159 e. The van der Waals surface area contributed by atoms with Gasteiger partial charge in [0, 0.05) is 4.83 Å². The lowest BCUT2D eigenvalue weighted by molar-refractivity contribution is 0.503. The van der Waals surface area contributed by atoms with E-state index in [0.29, 0.717) is 6.42 Å². The van der Waals surface area contributed by atoms with Gasteiger partial charge in [-0.25, -0.2) is 8.78 Å². The Balaban J connectivity index is 2.08. The first-order valence-electron chi connectivity index (χ1n) is 6.21. The zero-order valence-electron chi connectivity index (χ0n) is 10.6. The normalized spacial score (nSPS) is 14.1. The van der Waals surface area contributed by atoms with E-state index in [9.17, 15) is 8.78 Å². The molecular weight excluding hydrogens is 310 g/mol. The highest BCUT2D eigenvalue weighted by Crippen LogP contribution is 2.32. The fraction of sp³-hybridized carbons (Fsp3) is 0.250. The monoisotopic (exact) mass is 324 g/mol. The van der Waals surface area contributed by atoms with Gasteiger partial charge in [-0.3, -0.25) is 0 Å². The summed E-state index contributed by atoms with van der Waals surface area (Å²) in [7, 11) is 0. The van der Waals surface area contributed by atoms with Crippen molar-refractivity contribution in [2.24, 2.45) is 5.92 Å². The van der Waals surface area contributed by atoms with E-state index in [4.69, 9.17) is 0 Å². The van der Waals surface area contributed by atoms with Crippen LogP contribution >= 0.6 is 15.9 Å². The molecule has 0 spiro atoms. The number of halogens is 3. The Hall–Kier alpha value is -1.22. The highest BCUT2D eigenvalue weighted by molar-refractivity contribution is 9.09. The second-order valence-electron chi connectivity index (χ2n) is 4.74. The summed E-state index contributed by atoms with van der Waals surface area (Å²) in [4.78, 5) is 0.196. The predicted molar refractivity (Wildman–Crippen MR) is 77.3 cm³/mol. The Morgan fingerprint density at radius 1 is 1.00 bits per heavy atom. The van der Waals surface area contributed by atoms with Crippen molar-refractivity contribution in [3.8, 4) is 0 Å². The summed E-state index contributed by atoms with van der Waals surface area (Å²) >= 11 is 3.67. The maximum atomic E-state index is 13.2. The molecule has 0 aliphatic rings. The molecule has 0 amide bonds. The Morgan fingerprint density at radius 3 is 2.32 bits per heavy atom. The van der Waals surface area contributed by atoms with Crippen molar-refractivity contribution in [2.75, 3.05) is 0 Å². The van der Waals surface area contributed by atoms with Crippen LogP contribution in [-0.2, 0) is 6.42 Å². The summed E-state index contributed by atoms with van der Waals surface area (Å²) < 4.78 is 26.0. The molecule has 2 unspecified atom stereocenters. The summed E-state index contributed by atoms with van der Waals surface area (Å²) in [6, 6.07) is 14.2. The van der Waals surface area contributed by atoms with Gasteiger partial charge in [-0.1, -0.05) is 59.3 Å². The van der Waals surface area contributed by atoms with Crippen LogP contribution in [0.15, 0.2) is 48.5 Å². The van der Waals surface area contributed by atoms with Crippen LogP contribution in [0.3, 0.4) is 0 Å². The molecule has 2 rings (SSSR count). The van der Waals surface area contributed by atoms with E-state index in [1.165, 1.54) is 17.7 Å². The lowest BCUT2D eigenvalue weighted by Gasteiger charge is -2.19. The molecule has 0 heterocycles. The van der Waals surface area contributed by atoms with Crippen molar-refractivity contribution < 1.29 is 8.78 Å². The minimum Gasteiger partial charge on any atom is -0.204 e. The van der Waals surface area contributed by atoms with Crippen molar-refractivity contribution in [1.82, 2.24) is 0 Å². The van der Waals surface area contributed by atoms with Gasteiger partial charge in [-0.2, -0.15) is 0 Å². The number of benzene rings is 2. The summed E-state index contributed by atoms with van der Waals surface area (Å²) in [5.74, 6) is -1.29. The van der Waals surface area contributed by atoms with Gasteiger partial charge in [0.1, 0.15) is 0 Å². The molecule has 2 atom stereocenters. The third-order valence-electron chi connectivity index (χ3n) is 3.16. The number of alkyl halides is 1. The minimum atomic E-state index is -0.796. The quantitative estimate of drug-likeness (QED) is 0.671. The van der Waals surface area contributed by atoms with E-state index in [1.54, 1.807) is 6.07 Å². The van der Waals surface area contributed by atoms with Gasteiger partial charge in [0.05, 0.1) is 0 Å². The summed E-state index contributed by atoms with van der Waals surface area (Å²) in [5.41, 5.74) is 2.00. The molecule has 0 saturated heterocycles. The lowest BCUT2D eigenvalue weighted by Crippen LogP contribution is -2.07. The Morgan fingerprint density at radius 2 is 1.68 bits per heavy atom. The van der Waals surface area contributed by atoms with Gasteiger partial charge in [0.15, 0.2) is 11.6 Å². The Bertz CT molecular complexity index is 540. The van der Waals surface area contributed by atoms with Gasteiger partial charge >= 0.3 is 0 Å². The van der Waals surface area contributed by atoms with Crippen molar-refractivity contribution in [2.45, 2.75) is 18.2 Å². The molecule has 0 radical (unpaired) electrons. The average molecular weight is 325 g/mol. The first-order valence-corrected chi connectivity index (χ1v) is 7.12. The van der Waals surface area contributed by atoms with E-state index in [1.807, 2.05) is 18.2 Å². The topological polar surface area (TPSA) is 0 Å². The fourth-order valence-corrected chi connectivity index (χ4v) is 2.60. The maximum absolute atomic E-state index is 13.2. The van der Waals surface area contributed by atoms with Crippen LogP contribution in [0.2, 0.25) is 0 Å². The highest BCUT2D eigenvalue weighted by Gasteiger charge is 2.17. The average Bonchev–Trinajstić information content (AvgIpc) is 2.43. The van der Waals surface area contributed by atoms with E-state index in [-0.39, 0.29) is 10.7 Å². The van der Waals surface area contributed by atoms with E-state index in [2.05, 4.69) is 35.0 Å². The summed E-state index contributed by atoms with van der Waals surface area (Å²) in [6.07, 6.45) is 0.696. The van der Waals surface area contributed by atoms with Crippen LogP contribution in [-0.4, -0.2) is 0 Å². The van der Waals surface area contributed by atoms with Crippen LogP contribution < -0.4 is 0 Å². The second-order valence-corrected chi connectivity index (χ2v) is 5.73. The fourth-order valence-electron chi connectivity index (χ4n) is 2.11. The molecule has 0 saturated carbocycles. The molecule has 0 fully saturated rings. The van der Waals surface area contributed by atoms with Gasteiger partial charge in [-0.05, 0) is 35.6 Å². The first-order chi connectivity index (χ1) is 9.08. The van der Waals surface area contributed by atoms with E-state index < -0.39 is 11.6 Å². The molecule has 0 bridgehead atoms. The molecular formula is C16H15BrF2. The largest absolute Gasteiger partial charge is 0.204 e. The van der Waals surface area contributed by atoms with Crippen molar-refractivity contribution in [3.05, 3.63) is 71.3 Å². The SMILES string of the molecule is CC(Cc1ccc(F)c(F)c1)C(Br)c1ccccc1. The molecule has 19 heavy (non-hydrogen) atoms. The molecule has 0 nitrogen and oxygen atoms in total. The smallest absolute Gasteiger partial charge is 0.159 e. The number of rotatable bonds is 4. The summed E-state index contributed by atoms with van der Waals surface area (Å²) in [6.45, 7) is 2.09. The van der Waals surface area contributed by atoms with Gasteiger partial charge in [0.2, 0.25) is 0 Å². The predicted octanol–water partition coefficient (Wildman–Crippen LogP) is 5.28. The van der Waals surface area contributed by atoms with Gasteiger partial charge in [0.25, 0.3) is 0 Å². The van der Waals surface area contributed by atoms with Crippen LogP contribution in [0.25, 0.3) is 0 Å². The van der Waals surface area contributed by atoms with Crippen molar-refractivity contribution >= 4 is 15.9 Å². The van der Waals surface area contributed by atoms with E-state index in [0.717, 1.165) is 5.56 Å². The van der Waals surface area contributed by atoms with E-state index >= 15 is 0 Å². The zero-order valence-corrected chi connectivity index (χ0v) is 12.2. The third kappa shape index (κ3) is 3.63. The molecule has 3 heteroatoms. The Kier molecular flexibility index (Phi) is 4.70. The van der Waals surface area contributed by atoms with Crippen LogP contribution in [0.1, 0.15) is 22.9 Å². The first kappa shape index (κ1) is 14.2. The molecule has 0 N–H and O–H groups in total. The standard InChI is InChI=1S/C16H15BrF2/c1-11(16(17)13-5-3-2-4-6-13)9-12-7-8-14(18)15(19)10-12/h2-8,10-11,16H,9H2,1H3. The molecule has 100 valence electrons. The molecule has 0 aliphatic carbocycles. The zero-order chi connectivity index (χ0) is 13.8. The number of hydrogen-bond acceptors (Lipinski definition) is 0. The van der Waals surface area contributed by atoms with Crippen LogP contribution in [0, 0.1) is 17.6 Å². The molecule has 2 aromatic carbocycles. The molecule has 0 aromatic heterocycles. The highest BCUT2D eigenvalue weighted by atomic mass is 79.9. The molecule has 0 aliphatic heterocycles. The summed E-state index contributed by atoms with van der Waals surface area (Å²) in [5, 5.41) is 0.